The molecular formula is C30H28Cl2O4. The molecule has 186 valence electrons. The third-order valence-electron chi connectivity index (χ3n) is 5.20. The molecule has 1 unspecified atom stereocenters. The standard InChI is InChI=1S/C15H14Cl2O2.C15H14O2/c1-15(17,9-16)10-19-14(18)13-7-6-11-4-2-3-5-12(11)8-13;1-11(2)10-17-15(16)14-8-7-12-5-3-4-6-13(12)9-14/h2-8H,9-10H2,1H3;3-9H,1,10H2,2H3. The van der Waals surface area contributed by atoms with Gasteiger partial charge in [-0.05, 0) is 65.2 Å². The number of alkyl halides is 2. The van der Waals surface area contributed by atoms with Crippen molar-refractivity contribution >= 4 is 56.7 Å². The molecule has 1 atom stereocenters. The van der Waals surface area contributed by atoms with Crippen molar-refractivity contribution in [3.05, 3.63) is 108 Å². The third-order valence-corrected chi connectivity index (χ3v) is 6.17. The highest BCUT2D eigenvalue weighted by Crippen LogP contribution is 2.20. The monoisotopic (exact) mass is 522 g/mol. The van der Waals surface area contributed by atoms with Gasteiger partial charge in [-0.3, -0.25) is 0 Å². The number of hydrogen-bond acceptors (Lipinski definition) is 4. The normalized spacial score (nSPS) is 12.2. The van der Waals surface area contributed by atoms with Gasteiger partial charge in [0.05, 0.1) is 16.0 Å². The molecule has 0 heterocycles. The molecule has 0 aliphatic heterocycles. The number of hydrogen-bond donors (Lipinski definition) is 0. The minimum Gasteiger partial charge on any atom is -0.460 e. The van der Waals surface area contributed by atoms with Crippen molar-refractivity contribution in [2.75, 3.05) is 19.1 Å². The predicted octanol–water partition coefficient (Wildman–Crippen LogP) is 7.81. The van der Waals surface area contributed by atoms with Gasteiger partial charge < -0.3 is 9.47 Å². The molecule has 4 aromatic carbocycles. The van der Waals surface area contributed by atoms with Gasteiger partial charge in [0.1, 0.15) is 13.2 Å². The first-order valence-corrected chi connectivity index (χ1v) is 12.3. The Kier molecular flexibility index (Phi) is 9.51. The smallest absolute Gasteiger partial charge is 0.338 e. The van der Waals surface area contributed by atoms with E-state index in [2.05, 4.69) is 6.58 Å². The zero-order valence-corrected chi connectivity index (χ0v) is 21.8. The second-order valence-corrected chi connectivity index (χ2v) is 9.96. The Morgan fingerprint density at radius 3 is 1.67 bits per heavy atom. The molecule has 0 radical (unpaired) electrons. The van der Waals surface area contributed by atoms with Crippen molar-refractivity contribution < 1.29 is 19.1 Å². The molecular weight excluding hydrogens is 495 g/mol. The lowest BCUT2D eigenvalue weighted by Crippen LogP contribution is -2.27. The largest absolute Gasteiger partial charge is 0.460 e. The number of halogens is 2. The Hall–Kier alpha value is -3.34. The average Bonchev–Trinajstić information content (AvgIpc) is 2.90. The number of carbonyl (C=O) groups excluding carboxylic acids is 2. The number of ether oxygens (including phenoxy) is 2. The van der Waals surface area contributed by atoms with Crippen molar-refractivity contribution in [3.63, 3.8) is 0 Å². The average molecular weight is 523 g/mol. The fraction of sp³-hybridized carbons (Fsp3) is 0.200. The molecule has 0 spiro atoms. The molecule has 4 rings (SSSR count). The van der Waals surface area contributed by atoms with Crippen LogP contribution in [0, 0.1) is 0 Å². The highest BCUT2D eigenvalue weighted by molar-refractivity contribution is 6.30. The Bertz CT molecular complexity index is 1380. The van der Waals surface area contributed by atoms with E-state index in [0.717, 1.165) is 27.1 Å². The van der Waals surface area contributed by atoms with Crippen molar-refractivity contribution in [2.45, 2.75) is 18.7 Å². The van der Waals surface area contributed by atoms with Gasteiger partial charge in [0.2, 0.25) is 0 Å². The lowest BCUT2D eigenvalue weighted by Gasteiger charge is -2.18. The minimum absolute atomic E-state index is 0.0870. The number of esters is 2. The van der Waals surface area contributed by atoms with E-state index >= 15 is 0 Å². The first-order chi connectivity index (χ1) is 17.2. The number of benzene rings is 4. The van der Waals surface area contributed by atoms with Gasteiger partial charge in [-0.1, -0.05) is 67.2 Å². The number of carbonyl (C=O) groups is 2. The van der Waals surface area contributed by atoms with Crippen LogP contribution in [0.25, 0.3) is 21.5 Å². The van der Waals surface area contributed by atoms with Crippen molar-refractivity contribution in [1.29, 1.82) is 0 Å². The third kappa shape index (κ3) is 7.84. The Labute approximate surface area is 221 Å². The SMILES string of the molecule is C=C(C)COC(=O)c1ccc2ccccc2c1.CC(Cl)(CCl)COC(=O)c1ccc2ccccc2c1. The number of rotatable bonds is 7. The Morgan fingerprint density at radius 1 is 0.778 bits per heavy atom. The van der Waals surface area contributed by atoms with E-state index in [-0.39, 0.29) is 31.0 Å². The molecule has 0 aliphatic rings. The van der Waals surface area contributed by atoms with E-state index in [0.29, 0.717) is 11.1 Å². The maximum absolute atomic E-state index is 11.9. The van der Waals surface area contributed by atoms with Crippen LogP contribution in [0.3, 0.4) is 0 Å². The molecule has 0 aromatic heterocycles. The van der Waals surface area contributed by atoms with E-state index in [4.69, 9.17) is 32.7 Å². The predicted molar refractivity (Wildman–Crippen MR) is 148 cm³/mol. The molecule has 4 nitrogen and oxygen atoms in total. The molecule has 4 aromatic rings. The van der Waals surface area contributed by atoms with Crippen LogP contribution in [0.5, 0.6) is 0 Å². The molecule has 0 amide bonds. The maximum Gasteiger partial charge on any atom is 0.338 e. The summed E-state index contributed by atoms with van der Waals surface area (Å²) in [7, 11) is 0. The zero-order valence-electron chi connectivity index (χ0n) is 20.3. The summed E-state index contributed by atoms with van der Waals surface area (Å²) in [5.74, 6) is -0.471. The molecule has 6 heteroatoms. The van der Waals surface area contributed by atoms with Gasteiger partial charge in [-0.25, -0.2) is 9.59 Å². The quantitative estimate of drug-likeness (QED) is 0.141. The Morgan fingerprint density at radius 2 is 1.22 bits per heavy atom. The van der Waals surface area contributed by atoms with Gasteiger partial charge in [0, 0.05) is 5.88 Å². The van der Waals surface area contributed by atoms with Crippen LogP contribution in [0.2, 0.25) is 0 Å². The van der Waals surface area contributed by atoms with Gasteiger partial charge in [0.15, 0.2) is 0 Å². The molecule has 0 saturated carbocycles. The van der Waals surface area contributed by atoms with Crippen molar-refractivity contribution in [3.8, 4) is 0 Å². The van der Waals surface area contributed by atoms with Gasteiger partial charge >= 0.3 is 11.9 Å². The summed E-state index contributed by atoms with van der Waals surface area (Å²) in [5, 5.41) is 4.24. The summed E-state index contributed by atoms with van der Waals surface area (Å²) in [4.78, 5) is 22.9. The van der Waals surface area contributed by atoms with Crippen LogP contribution in [-0.4, -0.2) is 35.9 Å². The van der Waals surface area contributed by atoms with Crippen molar-refractivity contribution in [2.24, 2.45) is 0 Å². The van der Waals surface area contributed by atoms with Crippen LogP contribution in [0.4, 0.5) is 0 Å². The highest BCUT2D eigenvalue weighted by Gasteiger charge is 2.22. The molecule has 0 bridgehead atoms. The van der Waals surface area contributed by atoms with Gasteiger partial charge in [-0.2, -0.15) is 0 Å². The lowest BCUT2D eigenvalue weighted by molar-refractivity contribution is 0.0475. The van der Waals surface area contributed by atoms with E-state index in [9.17, 15) is 9.59 Å². The van der Waals surface area contributed by atoms with Crippen molar-refractivity contribution in [1.82, 2.24) is 0 Å². The summed E-state index contributed by atoms with van der Waals surface area (Å²) >= 11 is 11.7. The first-order valence-electron chi connectivity index (χ1n) is 11.4. The molecule has 36 heavy (non-hydrogen) atoms. The topological polar surface area (TPSA) is 52.6 Å². The summed E-state index contributed by atoms with van der Waals surface area (Å²) in [5.41, 5.74) is 1.92. The Balaban J connectivity index is 0.000000202. The molecule has 0 N–H and O–H groups in total. The van der Waals surface area contributed by atoms with E-state index in [1.54, 1.807) is 19.1 Å². The van der Waals surface area contributed by atoms with E-state index in [1.165, 1.54) is 0 Å². The second kappa shape index (κ2) is 12.6. The van der Waals surface area contributed by atoms with Crippen LogP contribution in [0.15, 0.2) is 97.1 Å². The maximum atomic E-state index is 11.9. The zero-order chi connectivity index (χ0) is 26.1. The van der Waals surface area contributed by atoms with Crippen LogP contribution >= 0.6 is 23.2 Å². The van der Waals surface area contributed by atoms with Gasteiger partial charge in [-0.15, -0.1) is 23.2 Å². The molecule has 0 fully saturated rings. The lowest BCUT2D eigenvalue weighted by atomic mass is 10.1. The van der Waals surface area contributed by atoms with E-state index < -0.39 is 4.87 Å². The minimum atomic E-state index is -0.728. The van der Waals surface area contributed by atoms with Gasteiger partial charge in [0.25, 0.3) is 0 Å². The fourth-order valence-electron chi connectivity index (χ4n) is 3.24. The second-order valence-electron chi connectivity index (χ2n) is 8.78. The van der Waals surface area contributed by atoms with Crippen LogP contribution < -0.4 is 0 Å². The summed E-state index contributed by atoms with van der Waals surface area (Å²) in [6, 6.07) is 26.8. The fourth-order valence-corrected chi connectivity index (χ4v) is 3.37. The summed E-state index contributed by atoms with van der Waals surface area (Å²) in [6.07, 6.45) is 0. The highest BCUT2D eigenvalue weighted by atomic mass is 35.5. The number of fused-ring (bicyclic) bond motifs is 2. The van der Waals surface area contributed by atoms with Crippen LogP contribution in [0.1, 0.15) is 34.6 Å². The van der Waals surface area contributed by atoms with Crippen LogP contribution in [-0.2, 0) is 9.47 Å². The molecule has 0 aliphatic carbocycles. The molecule has 0 saturated heterocycles. The first kappa shape index (κ1) is 27.3. The summed E-state index contributed by atoms with van der Waals surface area (Å²) < 4.78 is 10.3. The summed E-state index contributed by atoms with van der Waals surface area (Å²) in [6.45, 7) is 7.61. The van der Waals surface area contributed by atoms with E-state index in [1.807, 2.05) is 79.7 Å².